The lowest BCUT2D eigenvalue weighted by Gasteiger charge is -2.28. The van der Waals surface area contributed by atoms with Crippen molar-refractivity contribution < 1.29 is 13.2 Å². The highest BCUT2D eigenvalue weighted by Gasteiger charge is 2.67. The van der Waals surface area contributed by atoms with E-state index in [0.29, 0.717) is 45.1 Å². The van der Waals surface area contributed by atoms with Crippen LogP contribution >= 0.6 is 11.6 Å². The second kappa shape index (κ2) is 9.81. The number of fused-ring (bicyclic) bond motifs is 1. The molecule has 1 saturated carbocycles. The number of hydrogen-bond donors (Lipinski definition) is 4. The van der Waals surface area contributed by atoms with E-state index in [1.807, 2.05) is 36.4 Å². The fourth-order valence-electron chi connectivity index (χ4n) is 4.61. The molecule has 0 saturated heterocycles. The Balaban J connectivity index is 1.54. The van der Waals surface area contributed by atoms with E-state index in [4.69, 9.17) is 11.6 Å². The highest BCUT2D eigenvalue weighted by molar-refractivity contribution is 6.35. The van der Waals surface area contributed by atoms with Gasteiger partial charge in [-0.3, -0.25) is 9.99 Å². The molecule has 0 amide bonds. The molecule has 0 bridgehead atoms. The van der Waals surface area contributed by atoms with Crippen LogP contribution in [0.3, 0.4) is 0 Å². The second-order valence-electron chi connectivity index (χ2n) is 11.1. The largest absolute Gasteiger partial charge is 0.413 e. The normalized spacial score (nSPS) is 17.3. The molecule has 2 heterocycles. The zero-order chi connectivity index (χ0) is 28.0. The quantitative estimate of drug-likeness (QED) is 0.260. The molecule has 1 aromatic heterocycles. The van der Waals surface area contributed by atoms with Crippen LogP contribution in [0.5, 0.6) is 0 Å². The zero-order valence-electron chi connectivity index (χ0n) is 21.7. The van der Waals surface area contributed by atoms with Crippen molar-refractivity contribution in [1.29, 1.82) is 5.26 Å². The first-order chi connectivity index (χ1) is 18.4. The van der Waals surface area contributed by atoms with E-state index in [-0.39, 0.29) is 18.3 Å². The lowest BCUT2D eigenvalue weighted by atomic mass is 9.96. The average Bonchev–Trinajstić information content (AvgIpc) is 3.57. The number of anilines is 2. The first-order valence-electron chi connectivity index (χ1n) is 12.6. The van der Waals surface area contributed by atoms with E-state index >= 15 is 0 Å². The van der Waals surface area contributed by atoms with Gasteiger partial charge in [-0.25, -0.2) is 0 Å². The maximum absolute atomic E-state index is 13.8. The molecule has 2 aromatic carbocycles. The maximum Gasteiger partial charge on any atom is 0.413 e. The van der Waals surface area contributed by atoms with Gasteiger partial charge in [0.25, 0.3) is 0 Å². The summed E-state index contributed by atoms with van der Waals surface area (Å²) in [6.07, 6.45) is -1.34. The third-order valence-corrected chi connectivity index (χ3v) is 7.19. The third-order valence-electron chi connectivity index (χ3n) is 6.90. The molecule has 4 N–H and O–H groups in total. The van der Waals surface area contributed by atoms with Crippen LogP contribution < -0.4 is 21.6 Å². The molecule has 1 aliphatic carbocycles. The van der Waals surface area contributed by atoms with Crippen LogP contribution in [0, 0.1) is 16.7 Å². The lowest BCUT2D eigenvalue weighted by Crippen LogP contribution is -2.52. The molecule has 1 fully saturated rings. The molecule has 0 spiro atoms. The van der Waals surface area contributed by atoms with Crippen LogP contribution in [-0.4, -0.2) is 28.3 Å². The summed E-state index contributed by atoms with van der Waals surface area (Å²) in [5.74, 6) is 0. The van der Waals surface area contributed by atoms with Crippen molar-refractivity contribution in [1.82, 2.24) is 21.0 Å². The minimum Gasteiger partial charge on any atom is -0.383 e. The summed E-state index contributed by atoms with van der Waals surface area (Å²) < 4.78 is 41.3. The molecule has 11 heteroatoms. The van der Waals surface area contributed by atoms with Crippen LogP contribution in [0.25, 0.3) is 10.9 Å². The summed E-state index contributed by atoms with van der Waals surface area (Å²) in [5, 5.41) is 18.7. The molecule has 7 nitrogen and oxygen atoms in total. The number of benzene rings is 2. The summed E-state index contributed by atoms with van der Waals surface area (Å²) in [5.41, 5.74) is 7.21. The standard InChI is InChI=1S/C28H29ClF3N7/c1-26(2,3)16-35-23-18(13-33)14-34-25-20(23)11-19(12-21(25)29)36-24(17-7-5-4-6-8-17)22-15-39(38-37-22)27(9-10-27)28(30,31)32/h4-8,11-12,14-15,24,36-38H,9-10,16H2,1-3H3,(H,34,35)/t24-/m0/s1. The molecular formula is C28H29ClF3N7. The van der Waals surface area contributed by atoms with Crippen LogP contribution in [0.15, 0.2) is 60.6 Å². The Morgan fingerprint density at radius 1 is 1.18 bits per heavy atom. The zero-order valence-corrected chi connectivity index (χ0v) is 22.5. The van der Waals surface area contributed by atoms with Crippen molar-refractivity contribution in [3.63, 3.8) is 0 Å². The Bertz CT molecular complexity index is 1450. The Morgan fingerprint density at radius 3 is 2.51 bits per heavy atom. The number of hydrazine groups is 2. The number of nitriles is 1. The smallest absolute Gasteiger partial charge is 0.383 e. The van der Waals surface area contributed by atoms with Gasteiger partial charge >= 0.3 is 6.18 Å². The van der Waals surface area contributed by atoms with E-state index in [9.17, 15) is 18.4 Å². The van der Waals surface area contributed by atoms with Gasteiger partial charge in [-0.05, 0) is 36.0 Å². The van der Waals surface area contributed by atoms with Gasteiger partial charge in [0, 0.05) is 30.0 Å². The Morgan fingerprint density at radius 2 is 1.90 bits per heavy atom. The van der Waals surface area contributed by atoms with Gasteiger partial charge in [-0.15, -0.1) is 5.53 Å². The predicted octanol–water partition coefficient (Wildman–Crippen LogP) is 6.63. The highest BCUT2D eigenvalue weighted by Crippen LogP contribution is 2.53. The minimum atomic E-state index is -4.36. The van der Waals surface area contributed by atoms with Crippen LogP contribution in [0.4, 0.5) is 24.5 Å². The van der Waals surface area contributed by atoms with E-state index < -0.39 is 17.8 Å². The van der Waals surface area contributed by atoms with Crippen molar-refractivity contribution in [3.05, 3.63) is 76.7 Å². The molecule has 39 heavy (non-hydrogen) atoms. The number of nitrogens with one attached hydrogen (secondary N) is 4. The maximum atomic E-state index is 13.8. The topological polar surface area (TPSA) is 88.0 Å². The van der Waals surface area contributed by atoms with Gasteiger partial charge in [0.1, 0.15) is 6.07 Å². The molecule has 2 aliphatic rings. The van der Waals surface area contributed by atoms with Crippen molar-refractivity contribution in [2.24, 2.45) is 5.41 Å². The van der Waals surface area contributed by atoms with Gasteiger partial charge in [-0.2, -0.15) is 18.4 Å². The number of halogens is 4. The Kier molecular flexibility index (Phi) is 6.77. The average molecular weight is 556 g/mol. The van der Waals surface area contributed by atoms with Gasteiger partial charge in [0.05, 0.1) is 33.5 Å². The molecule has 0 radical (unpaired) electrons. The van der Waals surface area contributed by atoms with Crippen molar-refractivity contribution in [3.8, 4) is 6.07 Å². The summed E-state index contributed by atoms with van der Waals surface area (Å²) in [6.45, 7) is 6.88. The predicted molar refractivity (Wildman–Crippen MR) is 146 cm³/mol. The van der Waals surface area contributed by atoms with Crippen molar-refractivity contribution in [2.75, 3.05) is 17.2 Å². The number of rotatable bonds is 7. The lowest BCUT2D eigenvalue weighted by molar-refractivity contribution is -0.195. The van der Waals surface area contributed by atoms with Crippen LogP contribution in [0.2, 0.25) is 5.02 Å². The van der Waals surface area contributed by atoms with Gasteiger partial charge in [0.15, 0.2) is 5.54 Å². The van der Waals surface area contributed by atoms with Gasteiger partial charge in [0.2, 0.25) is 0 Å². The number of pyridine rings is 1. The molecule has 1 aliphatic heterocycles. The highest BCUT2D eigenvalue weighted by atomic mass is 35.5. The molecule has 204 valence electrons. The SMILES string of the molecule is CC(C)(C)CNc1c(C#N)cnc2c(Cl)cc(N[C@H](C3=CN(C4(C(F)(F)F)CC4)NN3)c3ccccc3)cc12. The van der Waals surface area contributed by atoms with E-state index in [2.05, 4.69) is 53.4 Å². The minimum absolute atomic E-state index is 0.0250. The van der Waals surface area contributed by atoms with Gasteiger partial charge in [-0.1, -0.05) is 62.7 Å². The summed E-state index contributed by atoms with van der Waals surface area (Å²) >= 11 is 6.66. The summed E-state index contributed by atoms with van der Waals surface area (Å²) in [4.78, 5) is 4.41. The second-order valence-corrected chi connectivity index (χ2v) is 11.5. The van der Waals surface area contributed by atoms with Crippen molar-refractivity contribution >= 4 is 33.9 Å². The number of aromatic nitrogens is 1. The molecule has 0 unspecified atom stereocenters. The molecular weight excluding hydrogens is 527 g/mol. The number of hydrogen-bond acceptors (Lipinski definition) is 7. The third kappa shape index (κ3) is 5.29. The Hall–Kier alpha value is -3.68. The molecule has 3 aromatic rings. The fraction of sp³-hybridized carbons (Fsp3) is 0.357. The van der Waals surface area contributed by atoms with Crippen LogP contribution in [-0.2, 0) is 0 Å². The van der Waals surface area contributed by atoms with Crippen LogP contribution in [0.1, 0.15) is 50.8 Å². The van der Waals surface area contributed by atoms with Crippen molar-refractivity contribution in [2.45, 2.75) is 51.4 Å². The van der Waals surface area contributed by atoms with Gasteiger partial charge < -0.3 is 16.1 Å². The van der Waals surface area contributed by atoms with E-state index in [1.165, 1.54) is 12.4 Å². The first-order valence-corrected chi connectivity index (χ1v) is 13.0. The molecule has 5 rings (SSSR count). The van der Waals surface area contributed by atoms with E-state index in [1.54, 1.807) is 6.07 Å². The fourth-order valence-corrected chi connectivity index (χ4v) is 4.88. The number of alkyl halides is 3. The summed E-state index contributed by atoms with van der Waals surface area (Å²) in [7, 11) is 0. The van der Waals surface area contributed by atoms with E-state index in [0.717, 1.165) is 10.6 Å². The first kappa shape index (κ1) is 26.9. The Labute approximate surface area is 230 Å². The summed E-state index contributed by atoms with van der Waals surface area (Å²) in [6, 6.07) is 14.7. The monoisotopic (exact) mass is 555 g/mol. The number of nitrogens with zero attached hydrogens (tertiary/aromatic N) is 3. The molecule has 1 atom stereocenters.